The second kappa shape index (κ2) is 5.47. The van der Waals surface area contributed by atoms with Crippen LogP contribution in [0.2, 0.25) is 0 Å². The molecule has 0 fully saturated rings. The average Bonchev–Trinajstić information content (AvgIpc) is 2.98. The number of nitrogens with two attached hydrogens (primary N) is 1. The maximum atomic E-state index is 5.72. The van der Waals surface area contributed by atoms with Crippen LogP contribution in [0.25, 0.3) is 11.3 Å². The highest BCUT2D eigenvalue weighted by molar-refractivity contribution is 7.10. The third-order valence-corrected chi connectivity index (χ3v) is 4.43. The molecule has 0 radical (unpaired) electrons. The molecule has 3 rings (SSSR count). The highest BCUT2D eigenvalue weighted by atomic mass is 32.1. The van der Waals surface area contributed by atoms with E-state index in [1.54, 1.807) is 11.3 Å². The summed E-state index contributed by atoms with van der Waals surface area (Å²) in [5.41, 5.74) is 9.93. The molecular weight excluding hydrogens is 264 g/mol. The first kappa shape index (κ1) is 12.9. The molecule has 2 nitrogen and oxygen atoms in total. The summed E-state index contributed by atoms with van der Waals surface area (Å²) >= 11 is 1.71. The molecule has 0 spiro atoms. The Labute approximate surface area is 122 Å². The van der Waals surface area contributed by atoms with Gasteiger partial charge in [-0.05, 0) is 17.7 Å². The van der Waals surface area contributed by atoms with Crippen LogP contribution in [0.15, 0.2) is 60.0 Å². The van der Waals surface area contributed by atoms with Gasteiger partial charge in [-0.25, -0.2) is 4.98 Å². The van der Waals surface area contributed by atoms with Gasteiger partial charge in [-0.3, -0.25) is 0 Å². The molecule has 0 amide bonds. The van der Waals surface area contributed by atoms with Gasteiger partial charge in [0.2, 0.25) is 0 Å². The molecule has 2 aromatic carbocycles. The molecule has 1 atom stereocenters. The lowest BCUT2D eigenvalue weighted by molar-refractivity contribution is 0.906. The number of anilines is 1. The third kappa shape index (κ3) is 2.58. The van der Waals surface area contributed by atoms with Gasteiger partial charge < -0.3 is 5.73 Å². The standard InChI is InChI=1S/C17H16N2S/c1-12(13-5-3-2-4-6-13)17-19-16(11-20-17)14-7-9-15(18)10-8-14/h2-12H,18H2,1H3/t12-/m0/s1. The molecule has 1 aromatic heterocycles. The van der Waals surface area contributed by atoms with Gasteiger partial charge in [0.1, 0.15) is 5.01 Å². The Balaban J connectivity index is 1.89. The molecule has 0 aliphatic carbocycles. The summed E-state index contributed by atoms with van der Waals surface area (Å²) in [5.74, 6) is 0.323. The molecule has 3 aromatic rings. The van der Waals surface area contributed by atoms with Gasteiger partial charge in [0, 0.05) is 22.5 Å². The van der Waals surface area contributed by atoms with Crippen LogP contribution in [0.5, 0.6) is 0 Å². The van der Waals surface area contributed by atoms with E-state index in [4.69, 9.17) is 10.7 Å². The second-order valence-corrected chi connectivity index (χ2v) is 5.72. The minimum Gasteiger partial charge on any atom is -0.399 e. The van der Waals surface area contributed by atoms with E-state index in [1.165, 1.54) is 5.56 Å². The number of hydrogen-bond acceptors (Lipinski definition) is 3. The summed E-state index contributed by atoms with van der Waals surface area (Å²) in [7, 11) is 0. The Kier molecular flexibility index (Phi) is 3.52. The summed E-state index contributed by atoms with van der Waals surface area (Å²) in [6.07, 6.45) is 0. The normalized spacial score (nSPS) is 12.2. The number of nitrogen functional groups attached to an aromatic ring is 1. The van der Waals surface area contributed by atoms with E-state index in [0.29, 0.717) is 5.92 Å². The van der Waals surface area contributed by atoms with Crippen molar-refractivity contribution < 1.29 is 0 Å². The lowest BCUT2D eigenvalue weighted by atomic mass is 10.0. The number of rotatable bonds is 3. The van der Waals surface area contributed by atoms with Gasteiger partial charge in [0.05, 0.1) is 5.69 Å². The SMILES string of the molecule is C[C@@H](c1ccccc1)c1nc(-c2ccc(N)cc2)cs1. The third-order valence-electron chi connectivity index (χ3n) is 3.40. The van der Waals surface area contributed by atoms with Crippen molar-refractivity contribution in [2.24, 2.45) is 0 Å². The second-order valence-electron chi connectivity index (χ2n) is 4.83. The quantitative estimate of drug-likeness (QED) is 0.715. The molecule has 0 bridgehead atoms. The van der Waals surface area contributed by atoms with Crippen LogP contribution < -0.4 is 5.73 Å². The fraction of sp³-hybridized carbons (Fsp3) is 0.118. The Morgan fingerprint density at radius 2 is 1.70 bits per heavy atom. The minimum absolute atomic E-state index is 0.323. The largest absolute Gasteiger partial charge is 0.399 e. The van der Waals surface area contributed by atoms with E-state index in [-0.39, 0.29) is 0 Å². The van der Waals surface area contributed by atoms with Crippen molar-refractivity contribution >= 4 is 17.0 Å². The average molecular weight is 280 g/mol. The maximum absolute atomic E-state index is 5.72. The van der Waals surface area contributed by atoms with Crippen LogP contribution in [0.1, 0.15) is 23.4 Å². The van der Waals surface area contributed by atoms with Crippen LogP contribution in [0, 0.1) is 0 Å². The number of thiazole rings is 1. The first-order chi connectivity index (χ1) is 9.74. The summed E-state index contributed by atoms with van der Waals surface area (Å²) in [5, 5.41) is 3.25. The zero-order chi connectivity index (χ0) is 13.9. The number of aromatic nitrogens is 1. The molecule has 3 heteroatoms. The predicted molar refractivity (Wildman–Crippen MR) is 85.9 cm³/mol. The van der Waals surface area contributed by atoms with Crippen LogP contribution in [-0.4, -0.2) is 4.98 Å². The minimum atomic E-state index is 0.323. The summed E-state index contributed by atoms with van der Waals surface area (Å²) in [6.45, 7) is 2.20. The summed E-state index contributed by atoms with van der Waals surface area (Å²) < 4.78 is 0. The Morgan fingerprint density at radius 3 is 2.40 bits per heavy atom. The summed E-state index contributed by atoms with van der Waals surface area (Å²) in [4.78, 5) is 4.76. The zero-order valence-electron chi connectivity index (χ0n) is 11.3. The molecule has 2 N–H and O–H groups in total. The Hall–Kier alpha value is -2.13. The van der Waals surface area contributed by atoms with Crippen molar-refractivity contribution in [1.29, 1.82) is 0 Å². The van der Waals surface area contributed by atoms with E-state index in [2.05, 4.69) is 36.6 Å². The van der Waals surface area contributed by atoms with E-state index in [1.807, 2.05) is 30.3 Å². The molecule has 0 saturated heterocycles. The van der Waals surface area contributed by atoms with Crippen molar-refractivity contribution in [3.63, 3.8) is 0 Å². The molecule has 0 saturated carbocycles. The smallest absolute Gasteiger partial charge is 0.100 e. The van der Waals surface area contributed by atoms with E-state index in [9.17, 15) is 0 Å². The molecule has 0 aliphatic rings. The van der Waals surface area contributed by atoms with E-state index in [0.717, 1.165) is 22.0 Å². The first-order valence-corrected chi connectivity index (χ1v) is 7.48. The first-order valence-electron chi connectivity index (χ1n) is 6.60. The van der Waals surface area contributed by atoms with Crippen LogP contribution >= 0.6 is 11.3 Å². The monoisotopic (exact) mass is 280 g/mol. The molecule has 0 aliphatic heterocycles. The number of hydrogen-bond donors (Lipinski definition) is 1. The molecule has 20 heavy (non-hydrogen) atoms. The Morgan fingerprint density at radius 1 is 1.00 bits per heavy atom. The molecular formula is C17H16N2S. The topological polar surface area (TPSA) is 38.9 Å². The molecule has 0 unspecified atom stereocenters. The van der Waals surface area contributed by atoms with Crippen molar-refractivity contribution in [1.82, 2.24) is 4.98 Å². The lowest BCUT2D eigenvalue weighted by Crippen LogP contribution is -1.94. The maximum Gasteiger partial charge on any atom is 0.100 e. The highest BCUT2D eigenvalue weighted by Crippen LogP contribution is 2.30. The van der Waals surface area contributed by atoms with Gasteiger partial charge in [-0.15, -0.1) is 11.3 Å². The van der Waals surface area contributed by atoms with Crippen LogP contribution in [0.3, 0.4) is 0 Å². The van der Waals surface area contributed by atoms with Crippen LogP contribution in [0.4, 0.5) is 5.69 Å². The lowest BCUT2D eigenvalue weighted by Gasteiger charge is -2.07. The fourth-order valence-corrected chi connectivity index (χ4v) is 3.07. The number of benzene rings is 2. The van der Waals surface area contributed by atoms with Crippen molar-refractivity contribution in [2.75, 3.05) is 5.73 Å². The van der Waals surface area contributed by atoms with E-state index >= 15 is 0 Å². The fourth-order valence-electron chi connectivity index (χ4n) is 2.16. The summed E-state index contributed by atoms with van der Waals surface area (Å²) in [6, 6.07) is 18.3. The van der Waals surface area contributed by atoms with Gasteiger partial charge in [-0.1, -0.05) is 49.4 Å². The highest BCUT2D eigenvalue weighted by Gasteiger charge is 2.13. The number of nitrogens with zero attached hydrogens (tertiary/aromatic N) is 1. The van der Waals surface area contributed by atoms with Crippen molar-refractivity contribution in [3.8, 4) is 11.3 Å². The van der Waals surface area contributed by atoms with Gasteiger partial charge in [0.15, 0.2) is 0 Å². The van der Waals surface area contributed by atoms with E-state index < -0.39 is 0 Å². The van der Waals surface area contributed by atoms with Crippen molar-refractivity contribution in [2.45, 2.75) is 12.8 Å². The van der Waals surface area contributed by atoms with Crippen molar-refractivity contribution in [3.05, 3.63) is 70.5 Å². The Bertz CT molecular complexity index is 687. The zero-order valence-corrected chi connectivity index (χ0v) is 12.1. The van der Waals surface area contributed by atoms with Gasteiger partial charge in [-0.2, -0.15) is 0 Å². The molecule has 100 valence electrons. The van der Waals surface area contributed by atoms with Gasteiger partial charge >= 0.3 is 0 Å². The molecule has 1 heterocycles. The predicted octanol–water partition coefficient (Wildman–Crippen LogP) is 4.54. The van der Waals surface area contributed by atoms with Crippen LogP contribution in [-0.2, 0) is 0 Å². The van der Waals surface area contributed by atoms with Gasteiger partial charge in [0.25, 0.3) is 0 Å².